The topological polar surface area (TPSA) is 93.5 Å². The number of aryl methyl sites for hydroxylation is 1. The Hall–Kier alpha value is -2.31. The van der Waals surface area contributed by atoms with Gasteiger partial charge in [-0.2, -0.15) is 5.10 Å². The van der Waals surface area contributed by atoms with Crippen LogP contribution in [-0.4, -0.2) is 40.1 Å². The minimum Gasteiger partial charge on any atom is -0.476 e. The number of aromatic nitrogens is 2. The van der Waals surface area contributed by atoms with Crippen molar-refractivity contribution < 1.29 is 19.4 Å². The van der Waals surface area contributed by atoms with Gasteiger partial charge in [-0.3, -0.25) is 4.68 Å². The van der Waals surface area contributed by atoms with Crippen LogP contribution in [0.1, 0.15) is 16.2 Å². The zero-order valence-electron chi connectivity index (χ0n) is 10.0. The number of rotatable bonds is 6. The van der Waals surface area contributed by atoms with E-state index in [9.17, 15) is 9.59 Å². The minimum absolute atomic E-state index is 0.0123. The van der Waals surface area contributed by atoms with Gasteiger partial charge in [-0.05, 0) is 13.0 Å². The summed E-state index contributed by atoms with van der Waals surface area (Å²) in [4.78, 5) is 21.8. The molecule has 7 heteroatoms. The highest BCUT2D eigenvalue weighted by molar-refractivity contribution is 5.85. The summed E-state index contributed by atoms with van der Waals surface area (Å²) in [5.74, 6) is -1.07. The Morgan fingerprint density at radius 2 is 2.39 bits per heavy atom. The van der Waals surface area contributed by atoms with Gasteiger partial charge in [0.15, 0.2) is 5.69 Å². The van der Waals surface area contributed by atoms with Gasteiger partial charge in [-0.25, -0.2) is 9.59 Å². The Bertz CT molecular complexity index is 453. The van der Waals surface area contributed by atoms with Gasteiger partial charge in [-0.15, -0.1) is 0 Å². The molecule has 0 atom stereocenters. The van der Waals surface area contributed by atoms with Gasteiger partial charge in [0.2, 0.25) is 0 Å². The van der Waals surface area contributed by atoms with Gasteiger partial charge in [0.25, 0.3) is 0 Å². The third-order valence-corrected chi connectivity index (χ3v) is 2.13. The monoisotopic (exact) mass is 253 g/mol. The Morgan fingerprint density at radius 3 is 2.94 bits per heavy atom. The summed E-state index contributed by atoms with van der Waals surface area (Å²) in [5.41, 5.74) is 0.704. The summed E-state index contributed by atoms with van der Waals surface area (Å²) in [5, 5.41) is 15.1. The molecule has 0 aromatic carbocycles. The van der Waals surface area contributed by atoms with Crippen LogP contribution in [0, 0.1) is 6.92 Å². The predicted octanol–water partition coefficient (Wildman–Crippen LogP) is 0.802. The second kappa shape index (κ2) is 6.43. The zero-order chi connectivity index (χ0) is 13.5. The van der Waals surface area contributed by atoms with Gasteiger partial charge in [0, 0.05) is 12.2 Å². The first kappa shape index (κ1) is 13.8. The highest BCUT2D eigenvalue weighted by Gasteiger charge is 2.10. The summed E-state index contributed by atoms with van der Waals surface area (Å²) in [6.45, 7) is 5.99. The Balaban J connectivity index is 2.41. The maximum absolute atomic E-state index is 11.1. The van der Waals surface area contributed by atoms with Crippen molar-refractivity contribution in [3.63, 3.8) is 0 Å². The van der Waals surface area contributed by atoms with Crippen LogP contribution in [0.4, 0.5) is 4.79 Å². The number of hydrogen-bond donors (Lipinski definition) is 2. The van der Waals surface area contributed by atoms with Crippen LogP contribution < -0.4 is 5.32 Å². The van der Waals surface area contributed by atoms with Crippen molar-refractivity contribution in [1.29, 1.82) is 0 Å². The number of nitrogens with one attached hydrogen (secondary N) is 1. The van der Waals surface area contributed by atoms with Crippen LogP contribution in [0.2, 0.25) is 0 Å². The van der Waals surface area contributed by atoms with Crippen LogP contribution in [0.15, 0.2) is 18.7 Å². The standard InChI is InChI=1S/C11H15N3O4/c1-3-6-18-11(17)12-4-5-14-8(2)7-9(13-14)10(15)16/h3,7H,1,4-6H2,2H3,(H,12,17)(H,15,16). The van der Waals surface area contributed by atoms with E-state index in [1.807, 2.05) is 0 Å². The van der Waals surface area contributed by atoms with E-state index in [2.05, 4.69) is 17.0 Å². The number of alkyl carbamates (subject to hydrolysis) is 1. The van der Waals surface area contributed by atoms with Crippen molar-refractivity contribution >= 4 is 12.1 Å². The number of carbonyl (C=O) groups excluding carboxylic acids is 1. The summed E-state index contributed by atoms with van der Waals surface area (Å²) >= 11 is 0. The maximum Gasteiger partial charge on any atom is 0.407 e. The second-order valence-corrected chi connectivity index (χ2v) is 3.51. The number of hydrogen-bond acceptors (Lipinski definition) is 4. The number of amides is 1. The van der Waals surface area contributed by atoms with Crippen molar-refractivity contribution in [3.05, 3.63) is 30.1 Å². The van der Waals surface area contributed by atoms with Crippen LogP contribution in [0.25, 0.3) is 0 Å². The number of ether oxygens (including phenoxy) is 1. The van der Waals surface area contributed by atoms with Crippen molar-refractivity contribution in [3.8, 4) is 0 Å². The molecule has 0 aliphatic heterocycles. The highest BCUT2D eigenvalue weighted by Crippen LogP contribution is 2.02. The van der Waals surface area contributed by atoms with Crippen LogP contribution >= 0.6 is 0 Å². The number of aromatic carboxylic acids is 1. The van der Waals surface area contributed by atoms with E-state index in [1.165, 1.54) is 16.8 Å². The molecule has 1 rings (SSSR count). The molecule has 1 heterocycles. The molecule has 0 unspecified atom stereocenters. The molecule has 0 saturated heterocycles. The zero-order valence-corrected chi connectivity index (χ0v) is 10.0. The molecule has 2 N–H and O–H groups in total. The summed E-state index contributed by atoms with van der Waals surface area (Å²) < 4.78 is 6.22. The average molecular weight is 253 g/mol. The van der Waals surface area contributed by atoms with Gasteiger partial charge >= 0.3 is 12.1 Å². The fraction of sp³-hybridized carbons (Fsp3) is 0.364. The normalized spacial score (nSPS) is 9.83. The molecule has 1 amide bonds. The molecular formula is C11H15N3O4. The van der Waals surface area contributed by atoms with E-state index >= 15 is 0 Å². The fourth-order valence-corrected chi connectivity index (χ4v) is 1.29. The Kier molecular flexibility index (Phi) is 4.91. The molecule has 0 aliphatic rings. The lowest BCUT2D eigenvalue weighted by atomic mass is 10.4. The molecule has 98 valence electrons. The van der Waals surface area contributed by atoms with E-state index < -0.39 is 12.1 Å². The maximum atomic E-state index is 11.1. The van der Waals surface area contributed by atoms with Crippen molar-refractivity contribution in [1.82, 2.24) is 15.1 Å². The lowest BCUT2D eigenvalue weighted by Gasteiger charge is -2.06. The van der Waals surface area contributed by atoms with Crippen LogP contribution in [0.5, 0.6) is 0 Å². The first-order chi connectivity index (χ1) is 8.54. The highest BCUT2D eigenvalue weighted by atomic mass is 16.5. The van der Waals surface area contributed by atoms with Crippen LogP contribution in [-0.2, 0) is 11.3 Å². The SMILES string of the molecule is C=CCOC(=O)NCCn1nc(C(=O)O)cc1C. The first-order valence-electron chi connectivity index (χ1n) is 5.34. The molecule has 0 saturated carbocycles. The van der Waals surface area contributed by atoms with E-state index in [1.54, 1.807) is 6.92 Å². The Morgan fingerprint density at radius 1 is 1.67 bits per heavy atom. The quantitative estimate of drug-likeness (QED) is 0.731. The number of nitrogens with zero attached hydrogens (tertiary/aromatic N) is 2. The molecule has 7 nitrogen and oxygen atoms in total. The molecular weight excluding hydrogens is 238 g/mol. The van der Waals surface area contributed by atoms with Gasteiger partial charge in [0.05, 0.1) is 6.54 Å². The summed E-state index contributed by atoms with van der Waals surface area (Å²) in [7, 11) is 0. The lowest BCUT2D eigenvalue weighted by Crippen LogP contribution is -2.28. The molecule has 0 spiro atoms. The first-order valence-corrected chi connectivity index (χ1v) is 5.34. The van der Waals surface area contributed by atoms with Crippen molar-refractivity contribution in [2.45, 2.75) is 13.5 Å². The molecule has 1 aromatic rings. The van der Waals surface area contributed by atoms with E-state index in [0.29, 0.717) is 18.8 Å². The van der Waals surface area contributed by atoms with Gasteiger partial charge < -0.3 is 15.2 Å². The smallest absolute Gasteiger partial charge is 0.407 e. The summed E-state index contributed by atoms with van der Waals surface area (Å²) in [6, 6.07) is 1.47. The molecule has 18 heavy (non-hydrogen) atoms. The molecule has 0 aliphatic carbocycles. The molecule has 1 aromatic heterocycles. The van der Waals surface area contributed by atoms with Crippen molar-refractivity contribution in [2.24, 2.45) is 0 Å². The van der Waals surface area contributed by atoms with E-state index in [-0.39, 0.29) is 12.3 Å². The average Bonchev–Trinajstić information content (AvgIpc) is 2.69. The number of carbonyl (C=O) groups is 2. The fourth-order valence-electron chi connectivity index (χ4n) is 1.29. The minimum atomic E-state index is -1.07. The lowest BCUT2D eigenvalue weighted by molar-refractivity contribution is 0.0689. The van der Waals surface area contributed by atoms with Gasteiger partial charge in [0.1, 0.15) is 6.61 Å². The van der Waals surface area contributed by atoms with Crippen LogP contribution in [0.3, 0.4) is 0 Å². The Labute approximate surface area is 104 Å². The third kappa shape index (κ3) is 3.93. The number of carboxylic acid groups (broad SMARTS) is 1. The van der Waals surface area contributed by atoms with E-state index in [4.69, 9.17) is 9.84 Å². The summed E-state index contributed by atoms with van der Waals surface area (Å²) in [6.07, 6.45) is 0.925. The largest absolute Gasteiger partial charge is 0.476 e. The van der Waals surface area contributed by atoms with E-state index in [0.717, 1.165) is 0 Å². The third-order valence-electron chi connectivity index (χ3n) is 2.13. The second-order valence-electron chi connectivity index (χ2n) is 3.51. The number of carboxylic acids is 1. The molecule has 0 radical (unpaired) electrons. The van der Waals surface area contributed by atoms with Gasteiger partial charge in [-0.1, -0.05) is 12.7 Å². The van der Waals surface area contributed by atoms with Crippen molar-refractivity contribution in [2.75, 3.05) is 13.2 Å². The molecule has 0 bridgehead atoms. The predicted molar refractivity (Wildman–Crippen MR) is 63.5 cm³/mol. The molecule has 0 fully saturated rings.